The Morgan fingerprint density at radius 1 is 1.50 bits per heavy atom. The molecule has 2 nitrogen and oxygen atoms in total. The van der Waals surface area contributed by atoms with Crippen molar-refractivity contribution in [2.24, 2.45) is 0 Å². The van der Waals surface area contributed by atoms with Crippen LogP contribution in [-0.2, 0) is 6.54 Å². The molecule has 0 saturated heterocycles. The van der Waals surface area contributed by atoms with Gasteiger partial charge >= 0.3 is 0 Å². The Balaban J connectivity index is 2.05. The van der Waals surface area contributed by atoms with Crippen LogP contribution < -0.4 is 0 Å². The number of amides is 1. The van der Waals surface area contributed by atoms with Crippen LogP contribution in [0, 0.1) is 0 Å². The lowest BCUT2D eigenvalue weighted by Gasteiger charge is -2.15. The van der Waals surface area contributed by atoms with Gasteiger partial charge < -0.3 is 4.90 Å². The lowest BCUT2D eigenvalue weighted by atomic mass is 10.3. The summed E-state index contributed by atoms with van der Waals surface area (Å²) in [6, 6.07) is 3.84. The predicted molar refractivity (Wildman–Crippen MR) is 71.7 cm³/mol. The molecule has 0 aromatic carbocycles. The zero-order valence-electron chi connectivity index (χ0n) is 8.71. The van der Waals surface area contributed by atoms with E-state index in [9.17, 15) is 4.79 Å². The molecule has 0 atom stereocenters. The Kier molecular flexibility index (Phi) is 3.68. The van der Waals surface area contributed by atoms with Gasteiger partial charge in [0.2, 0.25) is 0 Å². The van der Waals surface area contributed by atoms with Gasteiger partial charge in [-0.1, -0.05) is 0 Å². The van der Waals surface area contributed by atoms with E-state index < -0.39 is 0 Å². The van der Waals surface area contributed by atoms with Gasteiger partial charge in [-0.3, -0.25) is 4.79 Å². The number of rotatable bonds is 3. The minimum absolute atomic E-state index is 0.0523. The highest BCUT2D eigenvalue weighted by molar-refractivity contribution is 7.80. The number of nitrogens with zero attached hydrogens (tertiary/aromatic N) is 1. The van der Waals surface area contributed by atoms with Crippen molar-refractivity contribution in [3.63, 3.8) is 0 Å². The molecule has 0 radical (unpaired) electrons. The highest BCUT2D eigenvalue weighted by atomic mass is 32.1. The van der Waals surface area contributed by atoms with Gasteiger partial charge in [0, 0.05) is 23.9 Å². The molecule has 0 aliphatic rings. The SMILES string of the molecule is CN(Cc1ccsc1)C(=O)c1cc(S)cs1. The first-order valence-corrected chi connectivity index (χ1v) is 6.98. The maximum Gasteiger partial charge on any atom is 0.264 e. The van der Waals surface area contributed by atoms with Crippen molar-refractivity contribution >= 4 is 41.2 Å². The third kappa shape index (κ3) is 2.66. The standard InChI is InChI=1S/C11H11NOS3/c1-12(5-8-2-3-15-6-8)11(13)10-4-9(14)7-16-10/h2-4,6-7,14H,5H2,1H3. The van der Waals surface area contributed by atoms with Crippen LogP contribution in [0.4, 0.5) is 0 Å². The zero-order chi connectivity index (χ0) is 11.5. The van der Waals surface area contributed by atoms with Crippen LogP contribution in [0.1, 0.15) is 15.2 Å². The molecule has 0 spiro atoms. The fourth-order valence-electron chi connectivity index (χ4n) is 1.35. The summed E-state index contributed by atoms with van der Waals surface area (Å²) in [6.45, 7) is 0.655. The molecule has 2 rings (SSSR count). The van der Waals surface area contributed by atoms with Gasteiger partial charge in [0.15, 0.2) is 0 Å². The summed E-state index contributed by atoms with van der Waals surface area (Å²) in [6.07, 6.45) is 0. The molecule has 16 heavy (non-hydrogen) atoms. The molecule has 1 amide bonds. The van der Waals surface area contributed by atoms with Gasteiger partial charge in [-0.15, -0.1) is 24.0 Å². The second-order valence-electron chi connectivity index (χ2n) is 3.46. The molecule has 5 heteroatoms. The first-order chi connectivity index (χ1) is 7.66. The van der Waals surface area contributed by atoms with Gasteiger partial charge in [-0.25, -0.2) is 0 Å². The molecule has 0 bridgehead atoms. The van der Waals surface area contributed by atoms with E-state index in [-0.39, 0.29) is 5.91 Å². The summed E-state index contributed by atoms with van der Waals surface area (Å²) in [5, 5.41) is 5.95. The van der Waals surface area contributed by atoms with Crippen molar-refractivity contribution in [2.45, 2.75) is 11.4 Å². The van der Waals surface area contributed by atoms with Crippen LogP contribution in [0.15, 0.2) is 33.2 Å². The maximum atomic E-state index is 12.0. The summed E-state index contributed by atoms with van der Waals surface area (Å²) < 4.78 is 0. The van der Waals surface area contributed by atoms with Crippen molar-refractivity contribution in [2.75, 3.05) is 7.05 Å². The first-order valence-electron chi connectivity index (χ1n) is 4.71. The molecule has 84 valence electrons. The number of hydrogen-bond donors (Lipinski definition) is 1. The first kappa shape index (κ1) is 11.7. The van der Waals surface area contributed by atoms with Crippen molar-refractivity contribution in [3.8, 4) is 0 Å². The molecule has 0 N–H and O–H groups in total. The van der Waals surface area contributed by atoms with Crippen molar-refractivity contribution in [1.82, 2.24) is 4.90 Å². The Labute approximate surface area is 108 Å². The molecule has 0 aliphatic carbocycles. The Hall–Kier alpha value is -0.780. The molecule has 0 unspecified atom stereocenters. The highest BCUT2D eigenvalue weighted by Crippen LogP contribution is 2.20. The lowest BCUT2D eigenvalue weighted by molar-refractivity contribution is 0.0790. The van der Waals surface area contributed by atoms with E-state index >= 15 is 0 Å². The summed E-state index contributed by atoms with van der Waals surface area (Å²) in [5.74, 6) is 0.0523. The second kappa shape index (κ2) is 5.03. The molecule has 0 saturated carbocycles. The van der Waals surface area contributed by atoms with Gasteiger partial charge in [-0.2, -0.15) is 11.3 Å². The molecule has 0 aliphatic heterocycles. The van der Waals surface area contributed by atoms with Crippen molar-refractivity contribution in [3.05, 3.63) is 38.7 Å². The Bertz CT molecular complexity index is 475. The monoisotopic (exact) mass is 269 g/mol. The third-order valence-electron chi connectivity index (χ3n) is 2.14. The van der Waals surface area contributed by atoms with E-state index in [4.69, 9.17) is 0 Å². The maximum absolute atomic E-state index is 12.0. The quantitative estimate of drug-likeness (QED) is 0.847. The zero-order valence-corrected chi connectivity index (χ0v) is 11.2. The van der Waals surface area contributed by atoms with Crippen LogP contribution in [0.25, 0.3) is 0 Å². The number of carbonyl (C=O) groups excluding carboxylic acids is 1. The molecular weight excluding hydrogens is 258 g/mol. The molecule has 2 aromatic rings. The van der Waals surface area contributed by atoms with E-state index in [0.29, 0.717) is 6.54 Å². The predicted octanol–water partition coefficient (Wildman–Crippen LogP) is 3.37. The molecular formula is C11H11NOS3. The van der Waals surface area contributed by atoms with Crippen LogP contribution in [0.3, 0.4) is 0 Å². The van der Waals surface area contributed by atoms with Gasteiger partial charge in [-0.05, 0) is 28.5 Å². The van der Waals surface area contributed by atoms with Crippen molar-refractivity contribution < 1.29 is 4.79 Å². The van der Waals surface area contributed by atoms with Crippen molar-refractivity contribution in [1.29, 1.82) is 0 Å². The molecule has 2 aromatic heterocycles. The summed E-state index contributed by atoms with van der Waals surface area (Å²) in [4.78, 5) is 15.3. The summed E-state index contributed by atoms with van der Waals surface area (Å²) in [5.41, 5.74) is 1.17. The van der Waals surface area contributed by atoms with Gasteiger partial charge in [0.05, 0.1) is 4.88 Å². The molecule has 0 fully saturated rings. The van der Waals surface area contributed by atoms with E-state index in [2.05, 4.69) is 18.0 Å². The highest BCUT2D eigenvalue weighted by Gasteiger charge is 2.13. The fraction of sp³-hybridized carbons (Fsp3) is 0.182. The largest absolute Gasteiger partial charge is 0.337 e. The molecule has 2 heterocycles. The normalized spacial score (nSPS) is 10.4. The third-order valence-corrected chi connectivity index (χ3v) is 4.23. The fourth-order valence-corrected chi connectivity index (χ4v) is 3.16. The summed E-state index contributed by atoms with van der Waals surface area (Å²) >= 11 is 7.28. The van der Waals surface area contributed by atoms with E-state index in [1.54, 1.807) is 22.3 Å². The van der Waals surface area contributed by atoms with Crippen LogP contribution in [0.5, 0.6) is 0 Å². The van der Waals surface area contributed by atoms with E-state index in [1.165, 1.54) is 16.9 Å². The van der Waals surface area contributed by atoms with E-state index in [1.807, 2.05) is 23.9 Å². The summed E-state index contributed by atoms with van der Waals surface area (Å²) in [7, 11) is 1.82. The minimum atomic E-state index is 0.0523. The van der Waals surface area contributed by atoms with Crippen LogP contribution >= 0.6 is 35.3 Å². The number of hydrogen-bond acceptors (Lipinski definition) is 4. The number of thiol groups is 1. The number of thiophene rings is 2. The van der Waals surface area contributed by atoms with Gasteiger partial charge in [0.1, 0.15) is 0 Å². The average molecular weight is 269 g/mol. The van der Waals surface area contributed by atoms with E-state index in [0.717, 1.165) is 9.77 Å². The smallest absolute Gasteiger partial charge is 0.264 e. The lowest BCUT2D eigenvalue weighted by Crippen LogP contribution is -2.25. The minimum Gasteiger partial charge on any atom is -0.337 e. The average Bonchev–Trinajstić information content (AvgIpc) is 2.88. The Morgan fingerprint density at radius 2 is 2.31 bits per heavy atom. The second-order valence-corrected chi connectivity index (χ2v) is 5.67. The van der Waals surface area contributed by atoms with Crippen LogP contribution in [0.2, 0.25) is 0 Å². The Morgan fingerprint density at radius 3 is 2.88 bits per heavy atom. The van der Waals surface area contributed by atoms with Gasteiger partial charge in [0.25, 0.3) is 5.91 Å². The van der Waals surface area contributed by atoms with Crippen LogP contribution in [-0.4, -0.2) is 17.9 Å². The number of carbonyl (C=O) groups is 1. The topological polar surface area (TPSA) is 20.3 Å².